The van der Waals surface area contributed by atoms with Crippen molar-refractivity contribution >= 4 is 21.6 Å². The van der Waals surface area contributed by atoms with Gasteiger partial charge in [-0.3, -0.25) is 0 Å². The zero-order valence-electron chi connectivity index (χ0n) is 12.0. The van der Waals surface area contributed by atoms with Crippen molar-refractivity contribution in [3.8, 4) is 11.8 Å². The van der Waals surface area contributed by atoms with Crippen LogP contribution in [0.25, 0.3) is 0 Å². The van der Waals surface area contributed by atoms with E-state index in [1.54, 1.807) is 12.1 Å². The maximum Gasteiger partial charge on any atom is 0.244 e. The summed E-state index contributed by atoms with van der Waals surface area (Å²) in [6, 6.07) is 4.76. The molecule has 0 saturated carbocycles. The Morgan fingerprint density at radius 3 is 2.86 bits per heavy atom. The van der Waals surface area contributed by atoms with Gasteiger partial charge in [0.25, 0.3) is 0 Å². The van der Waals surface area contributed by atoms with Gasteiger partial charge in [-0.05, 0) is 37.0 Å². The number of hydrogen-bond donors (Lipinski definition) is 1. The highest BCUT2D eigenvalue weighted by atomic mass is 35.5. The Morgan fingerprint density at radius 1 is 1.48 bits per heavy atom. The van der Waals surface area contributed by atoms with Crippen LogP contribution < -0.4 is 5.73 Å². The predicted octanol–water partition coefficient (Wildman–Crippen LogP) is 2.07. The highest BCUT2D eigenvalue weighted by Crippen LogP contribution is 2.28. The van der Waals surface area contributed by atoms with Crippen molar-refractivity contribution in [3.63, 3.8) is 0 Å². The van der Waals surface area contributed by atoms with Crippen LogP contribution in [-0.4, -0.2) is 32.4 Å². The second-order valence-corrected chi connectivity index (χ2v) is 7.58. The summed E-state index contributed by atoms with van der Waals surface area (Å²) in [6.45, 7) is 3.42. The van der Waals surface area contributed by atoms with Crippen LogP contribution >= 0.6 is 11.6 Å². The monoisotopic (exact) mass is 326 g/mol. The van der Waals surface area contributed by atoms with E-state index in [0.717, 1.165) is 12.8 Å². The van der Waals surface area contributed by atoms with Crippen molar-refractivity contribution in [2.45, 2.75) is 24.7 Å². The Morgan fingerprint density at radius 2 is 2.24 bits per heavy atom. The Hall–Kier alpha value is -1.06. The minimum Gasteiger partial charge on any atom is -0.320 e. The van der Waals surface area contributed by atoms with Crippen LogP contribution in [0.4, 0.5) is 0 Å². The highest BCUT2D eigenvalue weighted by Gasteiger charge is 2.30. The first kappa shape index (κ1) is 16.3. The van der Waals surface area contributed by atoms with Crippen molar-refractivity contribution in [1.82, 2.24) is 4.31 Å². The number of hydrogen-bond acceptors (Lipinski definition) is 3. The van der Waals surface area contributed by atoms with E-state index in [2.05, 4.69) is 18.8 Å². The summed E-state index contributed by atoms with van der Waals surface area (Å²) in [7, 11) is -3.53. The number of rotatable bonds is 2. The van der Waals surface area contributed by atoms with Crippen LogP contribution in [0.5, 0.6) is 0 Å². The Kier molecular flexibility index (Phi) is 5.28. The van der Waals surface area contributed by atoms with E-state index in [1.807, 2.05) is 0 Å². The maximum absolute atomic E-state index is 12.7. The highest BCUT2D eigenvalue weighted by molar-refractivity contribution is 7.89. The number of benzene rings is 1. The van der Waals surface area contributed by atoms with Crippen LogP contribution in [0, 0.1) is 17.8 Å². The SMILES string of the molecule is CC1CCCN(S(=O)(=O)c2ccc(C#CCN)cc2Cl)C1. The van der Waals surface area contributed by atoms with Crippen molar-refractivity contribution in [2.75, 3.05) is 19.6 Å². The van der Waals surface area contributed by atoms with Gasteiger partial charge in [0.15, 0.2) is 0 Å². The van der Waals surface area contributed by atoms with Crippen molar-refractivity contribution in [3.05, 3.63) is 28.8 Å². The minimum absolute atomic E-state index is 0.150. The molecule has 1 aromatic carbocycles. The lowest BCUT2D eigenvalue weighted by atomic mass is 10.0. The van der Waals surface area contributed by atoms with Crippen molar-refractivity contribution in [1.29, 1.82) is 0 Å². The number of nitrogens with zero attached hydrogens (tertiary/aromatic N) is 1. The van der Waals surface area contributed by atoms with Gasteiger partial charge in [-0.15, -0.1) is 0 Å². The second-order valence-electron chi connectivity index (χ2n) is 5.26. The molecule has 0 bridgehead atoms. The number of sulfonamides is 1. The Balaban J connectivity index is 2.32. The van der Waals surface area contributed by atoms with E-state index in [9.17, 15) is 8.42 Å². The van der Waals surface area contributed by atoms with E-state index >= 15 is 0 Å². The molecule has 21 heavy (non-hydrogen) atoms. The molecule has 1 heterocycles. The van der Waals surface area contributed by atoms with Crippen LogP contribution in [0.1, 0.15) is 25.3 Å². The lowest BCUT2D eigenvalue weighted by Gasteiger charge is -2.30. The number of halogens is 1. The smallest absolute Gasteiger partial charge is 0.244 e. The predicted molar refractivity (Wildman–Crippen MR) is 84.5 cm³/mol. The van der Waals surface area contributed by atoms with Gasteiger partial charge in [0.05, 0.1) is 11.6 Å². The normalized spacial score (nSPS) is 19.9. The molecule has 1 aliphatic heterocycles. The quantitative estimate of drug-likeness (QED) is 0.846. The lowest BCUT2D eigenvalue weighted by Crippen LogP contribution is -2.39. The van der Waals surface area contributed by atoms with Crippen LogP contribution in [-0.2, 0) is 10.0 Å². The largest absolute Gasteiger partial charge is 0.320 e. The summed E-state index contributed by atoms with van der Waals surface area (Å²) in [5.74, 6) is 5.94. The first-order valence-electron chi connectivity index (χ1n) is 6.94. The zero-order valence-corrected chi connectivity index (χ0v) is 13.5. The van der Waals surface area contributed by atoms with E-state index in [0.29, 0.717) is 24.6 Å². The molecule has 1 atom stereocenters. The summed E-state index contributed by atoms with van der Waals surface area (Å²) in [6.07, 6.45) is 1.95. The van der Waals surface area contributed by atoms with Gasteiger partial charge in [0.1, 0.15) is 4.90 Å². The molecule has 1 saturated heterocycles. The topological polar surface area (TPSA) is 63.4 Å². The summed E-state index contributed by atoms with van der Waals surface area (Å²) in [5, 5.41) is 0.206. The van der Waals surface area contributed by atoms with Crippen molar-refractivity contribution < 1.29 is 8.42 Å². The summed E-state index contributed by atoms with van der Waals surface area (Å²) in [4.78, 5) is 0.150. The third-order valence-corrected chi connectivity index (χ3v) is 5.85. The Labute approximate surface area is 131 Å². The lowest BCUT2D eigenvalue weighted by molar-refractivity contribution is 0.281. The molecule has 0 spiro atoms. The molecule has 1 aliphatic rings. The molecular weight excluding hydrogens is 308 g/mol. The average molecular weight is 327 g/mol. The number of nitrogens with two attached hydrogens (primary N) is 1. The van der Waals surface area contributed by atoms with Crippen LogP contribution in [0.3, 0.4) is 0 Å². The van der Waals surface area contributed by atoms with Gasteiger partial charge in [-0.1, -0.05) is 30.4 Å². The van der Waals surface area contributed by atoms with Gasteiger partial charge in [-0.25, -0.2) is 8.42 Å². The molecular formula is C15H19ClN2O2S. The van der Waals surface area contributed by atoms with Gasteiger partial charge in [-0.2, -0.15) is 4.31 Å². The summed E-state index contributed by atoms with van der Waals surface area (Å²) in [5.41, 5.74) is 5.98. The third kappa shape index (κ3) is 3.78. The minimum atomic E-state index is -3.53. The van der Waals surface area contributed by atoms with Crippen LogP contribution in [0.2, 0.25) is 5.02 Å². The fraction of sp³-hybridized carbons (Fsp3) is 0.467. The molecule has 1 fully saturated rings. The molecule has 0 aliphatic carbocycles. The molecule has 6 heteroatoms. The molecule has 0 radical (unpaired) electrons. The molecule has 114 valence electrons. The summed E-state index contributed by atoms with van der Waals surface area (Å²) >= 11 is 6.14. The molecule has 2 rings (SSSR count). The fourth-order valence-electron chi connectivity index (χ4n) is 2.44. The first-order chi connectivity index (χ1) is 9.95. The molecule has 4 nitrogen and oxygen atoms in total. The van der Waals surface area contributed by atoms with Gasteiger partial charge < -0.3 is 5.73 Å². The van der Waals surface area contributed by atoms with Crippen molar-refractivity contribution in [2.24, 2.45) is 11.7 Å². The second kappa shape index (κ2) is 6.80. The van der Waals surface area contributed by atoms with Gasteiger partial charge in [0.2, 0.25) is 10.0 Å². The molecule has 1 unspecified atom stereocenters. The molecule has 2 N–H and O–H groups in total. The molecule has 0 amide bonds. The standard InChI is InChI=1S/C15H19ClN2O2S/c1-12-4-3-9-18(11-12)21(19,20)15-7-6-13(5-2-8-17)10-14(15)16/h6-7,10,12H,3-4,8-9,11,17H2,1H3. The average Bonchev–Trinajstić information content (AvgIpc) is 2.45. The maximum atomic E-state index is 12.7. The van der Waals surface area contributed by atoms with E-state index < -0.39 is 10.0 Å². The molecule has 1 aromatic rings. The van der Waals surface area contributed by atoms with E-state index in [4.69, 9.17) is 17.3 Å². The Bertz CT molecular complexity index is 677. The van der Waals surface area contributed by atoms with E-state index in [-0.39, 0.29) is 16.5 Å². The first-order valence-corrected chi connectivity index (χ1v) is 8.75. The molecule has 0 aromatic heterocycles. The van der Waals surface area contributed by atoms with Gasteiger partial charge >= 0.3 is 0 Å². The van der Waals surface area contributed by atoms with E-state index in [1.165, 1.54) is 10.4 Å². The van der Waals surface area contributed by atoms with Crippen LogP contribution in [0.15, 0.2) is 23.1 Å². The number of piperidine rings is 1. The third-order valence-electron chi connectivity index (χ3n) is 3.50. The zero-order chi connectivity index (χ0) is 15.5. The van der Waals surface area contributed by atoms with Gasteiger partial charge in [0, 0.05) is 18.7 Å². The summed E-state index contributed by atoms with van der Waals surface area (Å²) < 4.78 is 26.9. The fourth-order valence-corrected chi connectivity index (χ4v) is 4.56.